The summed E-state index contributed by atoms with van der Waals surface area (Å²) in [5, 5.41) is 18.9. The second-order valence-corrected chi connectivity index (χ2v) is 14.8. The van der Waals surface area contributed by atoms with Crippen LogP contribution in [0.1, 0.15) is 46.7 Å². The van der Waals surface area contributed by atoms with E-state index in [0.29, 0.717) is 44.9 Å². The lowest BCUT2D eigenvalue weighted by Gasteiger charge is -2.34. The Morgan fingerprint density at radius 1 is 0.889 bits per heavy atom. The fourth-order valence-corrected chi connectivity index (χ4v) is 8.56. The van der Waals surface area contributed by atoms with Gasteiger partial charge in [-0.3, -0.25) is 4.68 Å². The molecule has 1 fully saturated rings. The molecule has 11 heteroatoms. The van der Waals surface area contributed by atoms with E-state index in [-0.39, 0.29) is 6.61 Å². The van der Waals surface area contributed by atoms with Gasteiger partial charge in [0.15, 0.2) is 0 Å². The molecule has 0 bridgehead atoms. The Kier molecular flexibility index (Phi) is 10.8. The van der Waals surface area contributed by atoms with Gasteiger partial charge in [0.05, 0.1) is 24.4 Å². The molecule has 0 saturated carbocycles. The van der Waals surface area contributed by atoms with Gasteiger partial charge in [-0.05, 0) is 73.2 Å². The van der Waals surface area contributed by atoms with Gasteiger partial charge in [0, 0.05) is 74.0 Å². The van der Waals surface area contributed by atoms with Crippen LogP contribution in [0.3, 0.4) is 0 Å². The van der Waals surface area contributed by atoms with Crippen molar-refractivity contribution in [2.45, 2.75) is 45.4 Å². The predicted octanol–water partition coefficient (Wildman–Crippen LogP) is 8.19. The SMILES string of the molecule is CSN1CCN(c2ccc(OCc3nn(C)c4c3-c3cccc5c(CCCOc6cccc7ccccc67)c(C(=O)O)n(c35)CCCCOC4)cc2)CC1. The fourth-order valence-electron chi connectivity index (χ4n) is 8.03. The number of carboxylic acids is 1. The van der Waals surface area contributed by atoms with Crippen LogP contribution in [-0.4, -0.2) is 75.4 Å². The van der Waals surface area contributed by atoms with Gasteiger partial charge in [-0.2, -0.15) is 5.10 Å². The van der Waals surface area contributed by atoms with E-state index in [1.54, 1.807) is 0 Å². The van der Waals surface area contributed by atoms with E-state index >= 15 is 0 Å². The molecular formula is C43H47N5O5S. The van der Waals surface area contributed by atoms with Crippen LogP contribution in [0.25, 0.3) is 32.8 Å². The Balaban J connectivity index is 1.10. The van der Waals surface area contributed by atoms with Gasteiger partial charge in [-0.25, -0.2) is 9.10 Å². The van der Waals surface area contributed by atoms with Gasteiger partial charge in [-0.15, -0.1) is 0 Å². The number of benzene rings is 4. The van der Waals surface area contributed by atoms with Crippen molar-refractivity contribution in [1.29, 1.82) is 0 Å². The van der Waals surface area contributed by atoms with Crippen molar-refractivity contribution in [2.75, 3.05) is 50.5 Å². The highest BCUT2D eigenvalue weighted by atomic mass is 32.2. The van der Waals surface area contributed by atoms with Crippen LogP contribution in [0, 0.1) is 0 Å². The Morgan fingerprint density at radius 3 is 2.48 bits per heavy atom. The number of carboxylic acid groups (broad SMARTS) is 1. The van der Waals surface area contributed by atoms with E-state index in [2.05, 4.69) is 57.9 Å². The Morgan fingerprint density at radius 2 is 1.67 bits per heavy atom. The molecule has 0 aliphatic carbocycles. The lowest BCUT2D eigenvalue weighted by atomic mass is 9.98. The van der Waals surface area contributed by atoms with Crippen LogP contribution >= 0.6 is 11.9 Å². The van der Waals surface area contributed by atoms with E-state index in [0.717, 1.165) is 100 Å². The number of hydrogen-bond donors (Lipinski definition) is 1. The number of aromatic nitrogens is 3. The molecule has 4 heterocycles. The van der Waals surface area contributed by atoms with Crippen LogP contribution in [0.5, 0.6) is 11.5 Å². The number of hydrogen-bond acceptors (Lipinski definition) is 8. The second-order valence-electron chi connectivity index (χ2n) is 13.9. The van der Waals surface area contributed by atoms with Gasteiger partial charge < -0.3 is 28.8 Å². The second kappa shape index (κ2) is 16.2. The van der Waals surface area contributed by atoms with Crippen molar-refractivity contribution in [3.8, 4) is 22.6 Å². The van der Waals surface area contributed by atoms with Crippen molar-refractivity contribution < 1.29 is 24.1 Å². The van der Waals surface area contributed by atoms with Crippen LogP contribution in [0.15, 0.2) is 84.9 Å². The fraction of sp³-hybridized carbons (Fsp3) is 0.349. The van der Waals surface area contributed by atoms with Gasteiger partial charge in [0.25, 0.3) is 0 Å². The van der Waals surface area contributed by atoms with Crippen molar-refractivity contribution in [2.24, 2.45) is 7.05 Å². The third kappa shape index (κ3) is 7.28. The van der Waals surface area contributed by atoms with E-state index in [9.17, 15) is 9.90 Å². The van der Waals surface area contributed by atoms with Gasteiger partial charge >= 0.3 is 5.97 Å². The molecule has 280 valence electrons. The zero-order valence-electron chi connectivity index (χ0n) is 31.0. The van der Waals surface area contributed by atoms with Crippen molar-refractivity contribution >= 4 is 45.3 Å². The lowest BCUT2D eigenvalue weighted by Crippen LogP contribution is -2.43. The van der Waals surface area contributed by atoms with Gasteiger partial charge in [-0.1, -0.05) is 66.5 Å². The van der Waals surface area contributed by atoms with Crippen LogP contribution < -0.4 is 14.4 Å². The molecular weight excluding hydrogens is 699 g/mol. The van der Waals surface area contributed by atoms with E-state index < -0.39 is 5.97 Å². The third-order valence-electron chi connectivity index (χ3n) is 10.7. The molecule has 10 nitrogen and oxygen atoms in total. The van der Waals surface area contributed by atoms with E-state index in [1.807, 2.05) is 70.7 Å². The quantitative estimate of drug-likeness (QED) is 0.104. The lowest BCUT2D eigenvalue weighted by molar-refractivity contribution is 0.0683. The molecule has 2 aliphatic rings. The largest absolute Gasteiger partial charge is 0.493 e. The number of piperazine rings is 1. The van der Waals surface area contributed by atoms with Crippen molar-refractivity contribution in [3.05, 3.63) is 108 Å². The minimum absolute atomic E-state index is 0.260. The average molecular weight is 746 g/mol. The summed E-state index contributed by atoms with van der Waals surface area (Å²) in [7, 11) is 1.94. The molecule has 1 N–H and O–H groups in total. The minimum atomic E-state index is -0.919. The Labute approximate surface area is 320 Å². The standard InChI is InChI=1S/C43H47N5O5S/c1-45-38-29-51-26-6-5-21-48-41-34(35(42(48)43(49)50)15-9-27-52-39-16-7-11-30-10-3-4-12-33(30)39)13-8-14-36(41)40(38)37(44-45)28-53-32-19-17-31(18-20-32)46-22-24-47(54-2)25-23-46/h3-4,7-8,10-14,16-20H,5-6,9,15,21-29H2,1-2H3,(H,49,50). The minimum Gasteiger partial charge on any atom is -0.493 e. The summed E-state index contributed by atoms with van der Waals surface area (Å²) in [6.45, 7) is 6.37. The summed E-state index contributed by atoms with van der Waals surface area (Å²) in [6.07, 6.45) is 5.00. The maximum Gasteiger partial charge on any atom is 0.352 e. The number of ether oxygens (including phenoxy) is 3. The number of aryl methyl sites for hydroxylation is 3. The summed E-state index contributed by atoms with van der Waals surface area (Å²) in [4.78, 5) is 15.6. The molecule has 0 atom stereocenters. The van der Waals surface area contributed by atoms with Crippen molar-refractivity contribution in [3.63, 3.8) is 0 Å². The first kappa shape index (κ1) is 36.0. The predicted molar refractivity (Wildman–Crippen MR) is 216 cm³/mol. The molecule has 8 rings (SSSR count). The number of para-hydroxylation sites is 1. The maximum atomic E-state index is 13.1. The first-order valence-electron chi connectivity index (χ1n) is 18.9. The summed E-state index contributed by atoms with van der Waals surface area (Å²) < 4.78 is 25.2. The highest BCUT2D eigenvalue weighted by molar-refractivity contribution is 7.96. The molecule has 4 aromatic carbocycles. The zero-order valence-corrected chi connectivity index (χ0v) is 31.8. The number of aromatic carboxylic acids is 1. The molecule has 0 radical (unpaired) electrons. The maximum absolute atomic E-state index is 13.1. The first-order valence-corrected chi connectivity index (χ1v) is 20.1. The molecule has 0 unspecified atom stereocenters. The molecule has 0 spiro atoms. The van der Waals surface area contributed by atoms with Crippen LogP contribution in [-0.2, 0) is 38.0 Å². The Bertz CT molecular complexity index is 2250. The molecule has 1 saturated heterocycles. The molecule has 2 aliphatic heterocycles. The number of anilines is 1. The van der Waals surface area contributed by atoms with E-state index in [4.69, 9.17) is 19.3 Å². The van der Waals surface area contributed by atoms with Crippen LogP contribution in [0.2, 0.25) is 0 Å². The first-order chi connectivity index (χ1) is 26.5. The summed E-state index contributed by atoms with van der Waals surface area (Å²) in [6, 6.07) is 28.8. The number of carbonyl (C=O) groups is 1. The summed E-state index contributed by atoms with van der Waals surface area (Å²) in [5.74, 6) is 0.696. The van der Waals surface area contributed by atoms with Gasteiger partial charge in [0.2, 0.25) is 0 Å². The normalized spacial score (nSPS) is 15.3. The summed E-state index contributed by atoms with van der Waals surface area (Å²) >= 11 is 1.81. The highest BCUT2D eigenvalue weighted by Gasteiger charge is 2.28. The number of nitrogens with zero attached hydrogens (tertiary/aromatic N) is 5. The summed E-state index contributed by atoms with van der Waals surface area (Å²) in [5.41, 5.74) is 6.92. The van der Waals surface area contributed by atoms with Crippen LogP contribution in [0.4, 0.5) is 5.69 Å². The van der Waals surface area contributed by atoms with Gasteiger partial charge in [0.1, 0.15) is 29.5 Å². The smallest absolute Gasteiger partial charge is 0.352 e. The monoisotopic (exact) mass is 745 g/mol. The topological polar surface area (TPSA) is 94.2 Å². The van der Waals surface area contributed by atoms with Crippen molar-refractivity contribution in [1.82, 2.24) is 18.7 Å². The molecule has 6 aromatic rings. The number of fused-ring (bicyclic) bond motifs is 3. The molecule has 2 aromatic heterocycles. The third-order valence-corrected chi connectivity index (χ3v) is 11.6. The Hall–Kier alpha value is -4.97. The highest BCUT2D eigenvalue weighted by Crippen LogP contribution is 2.39. The van der Waals surface area contributed by atoms with E-state index in [1.165, 1.54) is 5.69 Å². The molecule has 54 heavy (non-hydrogen) atoms. The zero-order chi connectivity index (χ0) is 37.0. The molecule has 0 amide bonds. The number of rotatable bonds is 11. The average Bonchev–Trinajstić information content (AvgIpc) is 3.69.